The standard InChI is InChI=1S/C6H5N3OS/c1-4-7-6-9(8-4)5(10)2-3-11-6/h2-3H,1H3. The van der Waals surface area contributed by atoms with Crippen LogP contribution >= 0.6 is 11.3 Å². The molecular formula is C6H5N3OS. The highest BCUT2D eigenvalue weighted by atomic mass is 32.1. The van der Waals surface area contributed by atoms with E-state index < -0.39 is 0 Å². The molecule has 0 amide bonds. The number of hydrogen-bond donors (Lipinski definition) is 0. The van der Waals surface area contributed by atoms with Gasteiger partial charge in [-0.3, -0.25) is 4.79 Å². The maximum atomic E-state index is 11.1. The third-order valence-electron chi connectivity index (χ3n) is 1.28. The Kier molecular flexibility index (Phi) is 1.25. The van der Waals surface area contributed by atoms with Gasteiger partial charge in [0, 0.05) is 6.07 Å². The van der Waals surface area contributed by atoms with Crippen molar-refractivity contribution in [3.8, 4) is 0 Å². The topological polar surface area (TPSA) is 47.3 Å². The monoisotopic (exact) mass is 167 g/mol. The first-order valence-electron chi connectivity index (χ1n) is 3.08. The van der Waals surface area contributed by atoms with Crippen molar-refractivity contribution in [2.75, 3.05) is 0 Å². The molecule has 0 aliphatic carbocycles. The van der Waals surface area contributed by atoms with E-state index in [0.29, 0.717) is 10.8 Å². The first-order valence-corrected chi connectivity index (χ1v) is 3.96. The Morgan fingerprint density at radius 3 is 3.18 bits per heavy atom. The minimum atomic E-state index is -0.126. The highest BCUT2D eigenvalue weighted by Gasteiger charge is 2.00. The van der Waals surface area contributed by atoms with Gasteiger partial charge >= 0.3 is 0 Å². The van der Waals surface area contributed by atoms with Crippen LogP contribution in [0, 0.1) is 6.92 Å². The fraction of sp³-hybridized carbons (Fsp3) is 0.167. The van der Waals surface area contributed by atoms with E-state index >= 15 is 0 Å². The molecule has 0 saturated carbocycles. The van der Waals surface area contributed by atoms with Gasteiger partial charge in [0.2, 0.25) is 4.96 Å². The summed E-state index contributed by atoms with van der Waals surface area (Å²) in [4.78, 5) is 15.8. The van der Waals surface area contributed by atoms with E-state index in [0.717, 1.165) is 0 Å². The smallest absolute Gasteiger partial charge is 0.267 e. The number of rotatable bonds is 0. The number of aryl methyl sites for hydroxylation is 1. The van der Waals surface area contributed by atoms with E-state index in [1.165, 1.54) is 21.9 Å². The van der Waals surface area contributed by atoms with Crippen molar-refractivity contribution in [1.82, 2.24) is 14.6 Å². The Labute approximate surface area is 66.1 Å². The molecule has 0 spiro atoms. The molecule has 0 unspecified atom stereocenters. The maximum Gasteiger partial charge on any atom is 0.274 e. The van der Waals surface area contributed by atoms with Crippen LogP contribution < -0.4 is 5.56 Å². The van der Waals surface area contributed by atoms with Gasteiger partial charge in [-0.1, -0.05) is 0 Å². The van der Waals surface area contributed by atoms with Gasteiger partial charge in [-0.05, 0) is 12.3 Å². The van der Waals surface area contributed by atoms with Gasteiger partial charge in [0.1, 0.15) is 5.82 Å². The van der Waals surface area contributed by atoms with Crippen LogP contribution in [0.15, 0.2) is 16.2 Å². The van der Waals surface area contributed by atoms with Gasteiger partial charge in [-0.15, -0.1) is 16.4 Å². The Hall–Kier alpha value is -1.23. The van der Waals surface area contributed by atoms with E-state index in [-0.39, 0.29) is 5.56 Å². The summed E-state index contributed by atoms with van der Waals surface area (Å²) < 4.78 is 1.31. The van der Waals surface area contributed by atoms with Crippen molar-refractivity contribution in [2.24, 2.45) is 0 Å². The highest BCUT2D eigenvalue weighted by molar-refractivity contribution is 7.14. The van der Waals surface area contributed by atoms with Crippen molar-refractivity contribution in [3.05, 3.63) is 27.6 Å². The molecule has 0 bridgehead atoms. The summed E-state index contributed by atoms with van der Waals surface area (Å²) in [7, 11) is 0. The van der Waals surface area contributed by atoms with Crippen molar-refractivity contribution in [2.45, 2.75) is 6.92 Å². The molecule has 5 heteroatoms. The molecule has 0 fully saturated rings. The summed E-state index contributed by atoms with van der Waals surface area (Å²) in [5.74, 6) is 0.629. The normalized spacial score (nSPS) is 10.6. The van der Waals surface area contributed by atoms with Gasteiger partial charge in [-0.25, -0.2) is 4.98 Å². The lowest BCUT2D eigenvalue weighted by Crippen LogP contribution is -2.10. The minimum absolute atomic E-state index is 0.126. The van der Waals surface area contributed by atoms with Crippen molar-refractivity contribution < 1.29 is 0 Å². The summed E-state index contributed by atoms with van der Waals surface area (Å²) in [6.45, 7) is 1.76. The third kappa shape index (κ3) is 0.932. The van der Waals surface area contributed by atoms with E-state index in [9.17, 15) is 4.79 Å². The predicted octanol–water partition coefficient (Wildman–Crippen LogP) is 0.459. The molecule has 11 heavy (non-hydrogen) atoms. The molecule has 0 aliphatic heterocycles. The molecule has 2 aromatic rings. The maximum absolute atomic E-state index is 11.1. The molecule has 0 aliphatic rings. The average Bonchev–Trinajstić information content (AvgIpc) is 2.31. The lowest BCUT2D eigenvalue weighted by atomic mass is 10.7. The zero-order valence-corrected chi connectivity index (χ0v) is 6.63. The van der Waals surface area contributed by atoms with Crippen LogP contribution in [0.2, 0.25) is 0 Å². The second-order valence-corrected chi connectivity index (χ2v) is 2.99. The summed E-state index contributed by atoms with van der Waals surface area (Å²) in [6.07, 6.45) is 0. The lowest BCUT2D eigenvalue weighted by Gasteiger charge is -1.82. The van der Waals surface area contributed by atoms with Gasteiger partial charge in [-0.2, -0.15) is 4.52 Å². The second-order valence-electron chi connectivity index (χ2n) is 2.11. The van der Waals surface area contributed by atoms with Crippen LogP contribution in [-0.4, -0.2) is 14.6 Å². The molecule has 0 N–H and O–H groups in total. The van der Waals surface area contributed by atoms with E-state index in [4.69, 9.17) is 0 Å². The van der Waals surface area contributed by atoms with Crippen LogP contribution in [0.4, 0.5) is 0 Å². The zero-order valence-electron chi connectivity index (χ0n) is 5.81. The van der Waals surface area contributed by atoms with E-state index in [1.807, 2.05) is 0 Å². The molecule has 0 atom stereocenters. The number of aromatic nitrogens is 3. The van der Waals surface area contributed by atoms with Crippen LogP contribution in [0.25, 0.3) is 4.96 Å². The van der Waals surface area contributed by atoms with Crippen LogP contribution in [0.3, 0.4) is 0 Å². The van der Waals surface area contributed by atoms with Crippen molar-refractivity contribution in [3.63, 3.8) is 0 Å². The molecule has 0 aromatic carbocycles. The summed E-state index contributed by atoms with van der Waals surface area (Å²) >= 11 is 1.40. The van der Waals surface area contributed by atoms with Gasteiger partial charge in [0.15, 0.2) is 0 Å². The first kappa shape index (κ1) is 6.48. The fourth-order valence-corrected chi connectivity index (χ4v) is 1.56. The molecule has 0 saturated heterocycles. The van der Waals surface area contributed by atoms with Crippen LogP contribution in [0.1, 0.15) is 5.82 Å². The van der Waals surface area contributed by atoms with Crippen LogP contribution in [-0.2, 0) is 0 Å². The highest BCUT2D eigenvalue weighted by Crippen LogP contribution is 2.02. The van der Waals surface area contributed by atoms with Crippen molar-refractivity contribution >= 4 is 16.3 Å². The number of fused-ring (bicyclic) bond motifs is 1. The van der Waals surface area contributed by atoms with E-state index in [2.05, 4.69) is 10.1 Å². The molecule has 56 valence electrons. The lowest BCUT2D eigenvalue weighted by molar-refractivity contribution is 0.902. The predicted molar refractivity (Wildman–Crippen MR) is 41.9 cm³/mol. The molecule has 2 aromatic heterocycles. The number of nitrogens with zero attached hydrogens (tertiary/aromatic N) is 3. The molecule has 4 nitrogen and oxygen atoms in total. The van der Waals surface area contributed by atoms with Gasteiger partial charge in [0.25, 0.3) is 5.56 Å². The van der Waals surface area contributed by atoms with E-state index in [1.54, 1.807) is 12.3 Å². The summed E-state index contributed by atoms with van der Waals surface area (Å²) in [6, 6.07) is 1.48. The van der Waals surface area contributed by atoms with Gasteiger partial charge < -0.3 is 0 Å². The summed E-state index contributed by atoms with van der Waals surface area (Å²) in [5, 5.41) is 5.63. The fourth-order valence-electron chi connectivity index (χ4n) is 0.839. The van der Waals surface area contributed by atoms with Crippen LogP contribution in [0.5, 0.6) is 0 Å². The SMILES string of the molecule is Cc1nc2sccc(=O)n2n1. The molecule has 2 heterocycles. The third-order valence-corrected chi connectivity index (χ3v) is 2.02. The molecular weight excluding hydrogens is 162 g/mol. The Morgan fingerprint density at radius 1 is 1.64 bits per heavy atom. The average molecular weight is 167 g/mol. The largest absolute Gasteiger partial charge is 0.274 e. The first-order chi connectivity index (χ1) is 5.27. The Morgan fingerprint density at radius 2 is 2.45 bits per heavy atom. The quantitative estimate of drug-likeness (QED) is 0.572. The summed E-state index contributed by atoms with van der Waals surface area (Å²) in [5.41, 5.74) is -0.126. The Bertz CT molecular complexity index is 444. The Balaban J connectivity index is 3.02. The molecule has 0 radical (unpaired) electrons. The minimum Gasteiger partial charge on any atom is -0.267 e. The van der Waals surface area contributed by atoms with Crippen molar-refractivity contribution in [1.29, 1.82) is 0 Å². The number of hydrogen-bond acceptors (Lipinski definition) is 4. The second kappa shape index (κ2) is 2.13. The molecule has 2 rings (SSSR count). The zero-order chi connectivity index (χ0) is 7.84. The van der Waals surface area contributed by atoms with Gasteiger partial charge in [0.05, 0.1) is 0 Å².